The summed E-state index contributed by atoms with van der Waals surface area (Å²) in [5.41, 5.74) is 6.04. The second-order valence-corrected chi connectivity index (χ2v) is 8.64. The summed E-state index contributed by atoms with van der Waals surface area (Å²) < 4.78 is 15.9. The average Bonchev–Trinajstić information content (AvgIpc) is 2.71. The first-order chi connectivity index (χ1) is 15.4. The molecule has 0 aliphatic carbocycles. The van der Waals surface area contributed by atoms with Crippen molar-refractivity contribution in [3.8, 4) is 11.5 Å². The number of benzene rings is 2. The number of halogens is 1. The van der Waals surface area contributed by atoms with Crippen molar-refractivity contribution in [2.45, 2.75) is 32.9 Å². The van der Waals surface area contributed by atoms with Gasteiger partial charge >= 0.3 is 6.09 Å². The Morgan fingerprint density at radius 1 is 1.15 bits per heavy atom. The third-order valence-electron chi connectivity index (χ3n) is 4.16. The Bertz CT molecular complexity index is 1040. The van der Waals surface area contributed by atoms with E-state index < -0.39 is 23.5 Å². The van der Waals surface area contributed by atoms with Crippen LogP contribution in [0, 0.1) is 0 Å². The van der Waals surface area contributed by atoms with E-state index in [2.05, 4.69) is 5.32 Å². The Hall–Kier alpha value is -3.46. The lowest BCUT2D eigenvalue weighted by molar-refractivity contribution is -0.119. The molecule has 0 atom stereocenters. The molecular formula is C23H28ClN3O6. The van der Waals surface area contributed by atoms with Gasteiger partial charge in [0.25, 0.3) is 11.8 Å². The maximum absolute atomic E-state index is 12.8. The highest BCUT2D eigenvalue weighted by atomic mass is 35.5. The molecule has 2 rings (SSSR count). The number of ether oxygens (including phenoxy) is 3. The number of nitrogens with two attached hydrogens (primary N) is 1. The zero-order valence-corrected chi connectivity index (χ0v) is 20.0. The van der Waals surface area contributed by atoms with Gasteiger partial charge in [0.05, 0.1) is 12.1 Å². The van der Waals surface area contributed by atoms with Gasteiger partial charge in [-0.15, -0.1) is 0 Å². The van der Waals surface area contributed by atoms with Gasteiger partial charge in [-0.05, 0) is 50.6 Å². The molecule has 178 valence electrons. The van der Waals surface area contributed by atoms with E-state index in [1.165, 1.54) is 24.1 Å². The van der Waals surface area contributed by atoms with Crippen molar-refractivity contribution in [3.63, 3.8) is 0 Å². The van der Waals surface area contributed by atoms with Crippen LogP contribution in [-0.4, -0.2) is 49.2 Å². The quantitative estimate of drug-likeness (QED) is 0.596. The standard InChI is InChI=1S/C23H28ClN3O6/c1-23(2,3)33-22(30)27(4)12-14-7-6-8-16(9-14)26-21(29)15-10-17(24)20(18(11-15)31-5)32-13-19(25)28/h6-11H,12-13H2,1-5H3,(H2,25,28)(H,26,29). The molecule has 0 heterocycles. The lowest BCUT2D eigenvalue weighted by Crippen LogP contribution is -2.33. The molecule has 2 aromatic rings. The lowest BCUT2D eigenvalue weighted by Gasteiger charge is -2.24. The van der Waals surface area contributed by atoms with Gasteiger partial charge in [0, 0.05) is 24.8 Å². The first kappa shape index (κ1) is 25.8. The van der Waals surface area contributed by atoms with Crippen molar-refractivity contribution in [2.75, 3.05) is 26.1 Å². The van der Waals surface area contributed by atoms with E-state index in [0.29, 0.717) is 12.2 Å². The van der Waals surface area contributed by atoms with Crippen LogP contribution in [-0.2, 0) is 16.1 Å². The molecule has 9 nitrogen and oxygen atoms in total. The highest BCUT2D eigenvalue weighted by Crippen LogP contribution is 2.36. The Balaban J connectivity index is 2.13. The smallest absolute Gasteiger partial charge is 0.410 e. The van der Waals surface area contributed by atoms with Crippen molar-refractivity contribution >= 4 is 35.2 Å². The molecule has 0 aliphatic heterocycles. The summed E-state index contributed by atoms with van der Waals surface area (Å²) >= 11 is 6.22. The summed E-state index contributed by atoms with van der Waals surface area (Å²) in [5, 5.41) is 2.88. The molecule has 0 fully saturated rings. The molecule has 0 saturated heterocycles. The van der Waals surface area contributed by atoms with Crippen molar-refractivity contribution in [3.05, 3.63) is 52.5 Å². The summed E-state index contributed by atoms with van der Waals surface area (Å²) in [6.07, 6.45) is -0.447. The normalized spacial score (nSPS) is 10.8. The Morgan fingerprint density at radius 3 is 2.45 bits per heavy atom. The van der Waals surface area contributed by atoms with E-state index in [1.807, 2.05) is 6.07 Å². The molecule has 0 aromatic heterocycles. The monoisotopic (exact) mass is 477 g/mol. The zero-order valence-electron chi connectivity index (χ0n) is 19.2. The first-order valence-corrected chi connectivity index (χ1v) is 10.4. The SMILES string of the molecule is COc1cc(C(=O)Nc2cccc(CN(C)C(=O)OC(C)(C)C)c2)cc(Cl)c1OCC(N)=O. The molecule has 3 N–H and O–H groups in total. The number of anilines is 1. The molecule has 10 heteroatoms. The van der Waals surface area contributed by atoms with E-state index in [0.717, 1.165) is 5.56 Å². The molecule has 33 heavy (non-hydrogen) atoms. The van der Waals surface area contributed by atoms with Crippen LogP contribution in [0.25, 0.3) is 0 Å². The summed E-state index contributed by atoms with van der Waals surface area (Å²) in [4.78, 5) is 37.4. The Morgan fingerprint density at radius 2 is 1.85 bits per heavy atom. The second kappa shape index (κ2) is 10.9. The lowest BCUT2D eigenvalue weighted by atomic mass is 10.1. The van der Waals surface area contributed by atoms with Crippen LogP contribution in [0.2, 0.25) is 5.02 Å². The number of hydrogen-bond donors (Lipinski definition) is 2. The summed E-state index contributed by atoms with van der Waals surface area (Å²) in [7, 11) is 3.02. The maximum atomic E-state index is 12.8. The number of nitrogens with one attached hydrogen (secondary N) is 1. The van der Waals surface area contributed by atoms with Crippen LogP contribution in [0.1, 0.15) is 36.7 Å². The van der Waals surface area contributed by atoms with Gasteiger partial charge < -0.3 is 30.2 Å². The fraction of sp³-hybridized carbons (Fsp3) is 0.348. The van der Waals surface area contributed by atoms with E-state index in [9.17, 15) is 14.4 Å². The van der Waals surface area contributed by atoms with E-state index in [-0.39, 0.29) is 28.7 Å². The summed E-state index contributed by atoms with van der Waals surface area (Å²) in [6, 6.07) is 9.91. The molecular weight excluding hydrogens is 450 g/mol. The summed E-state index contributed by atoms with van der Waals surface area (Å²) in [6.45, 7) is 5.31. The minimum absolute atomic E-state index is 0.0912. The average molecular weight is 478 g/mol. The topological polar surface area (TPSA) is 120 Å². The molecule has 2 aromatic carbocycles. The number of carbonyl (C=O) groups excluding carboxylic acids is 3. The fourth-order valence-corrected chi connectivity index (χ4v) is 3.03. The first-order valence-electron chi connectivity index (χ1n) is 10.0. The van der Waals surface area contributed by atoms with Gasteiger partial charge in [0.2, 0.25) is 0 Å². The molecule has 0 saturated carbocycles. The molecule has 3 amide bonds. The van der Waals surface area contributed by atoms with Gasteiger partial charge in [-0.3, -0.25) is 9.59 Å². The number of amides is 3. The number of primary amides is 1. The van der Waals surface area contributed by atoms with Crippen LogP contribution in [0.3, 0.4) is 0 Å². The van der Waals surface area contributed by atoms with Crippen LogP contribution >= 0.6 is 11.6 Å². The maximum Gasteiger partial charge on any atom is 0.410 e. The van der Waals surface area contributed by atoms with Gasteiger partial charge in [-0.2, -0.15) is 0 Å². The number of nitrogens with zero attached hydrogens (tertiary/aromatic N) is 1. The molecule has 0 unspecified atom stereocenters. The van der Waals surface area contributed by atoms with Gasteiger partial charge in [0.1, 0.15) is 5.60 Å². The molecule has 0 spiro atoms. The van der Waals surface area contributed by atoms with Crippen molar-refractivity contribution < 1.29 is 28.6 Å². The van der Waals surface area contributed by atoms with Crippen LogP contribution in [0.5, 0.6) is 11.5 Å². The molecule has 0 radical (unpaired) electrons. The van der Waals surface area contributed by atoms with Crippen molar-refractivity contribution in [1.29, 1.82) is 0 Å². The van der Waals surface area contributed by atoms with Crippen LogP contribution in [0.15, 0.2) is 36.4 Å². The minimum Gasteiger partial charge on any atom is -0.493 e. The van der Waals surface area contributed by atoms with Crippen molar-refractivity contribution in [1.82, 2.24) is 4.90 Å². The Labute approximate surface area is 197 Å². The zero-order chi connectivity index (χ0) is 24.8. The van der Waals surface area contributed by atoms with Gasteiger partial charge in [-0.1, -0.05) is 23.7 Å². The Kier molecular flexibility index (Phi) is 8.53. The van der Waals surface area contributed by atoms with E-state index >= 15 is 0 Å². The fourth-order valence-electron chi connectivity index (χ4n) is 2.76. The molecule has 0 aliphatic rings. The van der Waals surface area contributed by atoms with E-state index in [1.54, 1.807) is 46.0 Å². The molecule has 0 bridgehead atoms. The highest BCUT2D eigenvalue weighted by molar-refractivity contribution is 6.32. The van der Waals surface area contributed by atoms with Gasteiger partial charge in [-0.25, -0.2) is 4.79 Å². The third kappa shape index (κ3) is 7.87. The predicted molar refractivity (Wildman–Crippen MR) is 125 cm³/mol. The van der Waals surface area contributed by atoms with Crippen molar-refractivity contribution in [2.24, 2.45) is 5.73 Å². The largest absolute Gasteiger partial charge is 0.493 e. The minimum atomic E-state index is -0.674. The second-order valence-electron chi connectivity index (χ2n) is 8.24. The third-order valence-corrected chi connectivity index (χ3v) is 4.44. The predicted octanol–water partition coefficient (Wildman–Crippen LogP) is 3.83. The summed E-state index contributed by atoms with van der Waals surface area (Å²) in [5.74, 6) is -0.815. The van der Waals surface area contributed by atoms with Crippen LogP contribution in [0.4, 0.5) is 10.5 Å². The van der Waals surface area contributed by atoms with Gasteiger partial charge in [0.15, 0.2) is 18.1 Å². The van der Waals surface area contributed by atoms with E-state index in [4.69, 9.17) is 31.5 Å². The van der Waals surface area contributed by atoms with Crippen LogP contribution < -0.4 is 20.5 Å². The number of hydrogen-bond acceptors (Lipinski definition) is 6. The number of carbonyl (C=O) groups is 3. The number of rotatable bonds is 8. The highest BCUT2D eigenvalue weighted by Gasteiger charge is 2.20. The number of methoxy groups -OCH3 is 1.